The number of amides is 2. The Morgan fingerprint density at radius 2 is 1.62 bits per heavy atom. The molecule has 8 nitrogen and oxygen atoms in total. The molecule has 2 rings (SSSR count). The van der Waals surface area contributed by atoms with Gasteiger partial charge >= 0.3 is 0 Å². The maximum absolute atomic E-state index is 11.1. The Kier molecular flexibility index (Phi) is 8.94. The van der Waals surface area contributed by atoms with Crippen LogP contribution in [0.3, 0.4) is 0 Å². The van der Waals surface area contributed by atoms with Gasteiger partial charge in [-0.2, -0.15) is 0 Å². The predicted molar refractivity (Wildman–Crippen MR) is 111 cm³/mol. The largest absolute Gasteiger partial charge is 0.492 e. The first-order valence-electron chi connectivity index (χ1n) is 9.32. The van der Waals surface area contributed by atoms with E-state index in [0.717, 1.165) is 0 Å². The van der Waals surface area contributed by atoms with Gasteiger partial charge in [0.25, 0.3) is 0 Å². The molecule has 0 saturated heterocycles. The van der Waals surface area contributed by atoms with E-state index in [9.17, 15) is 14.7 Å². The lowest BCUT2D eigenvalue weighted by Crippen LogP contribution is -2.33. The second-order valence-corrected chi connectivity index (χ2v) is 6.43. The number of aliphatic hydroxyl groups excluding tert-OH is 1. The zero-order chi connectivity index (χ0) is 21.1. The summed E-state index contributed by atoms with van der Waals surface area (Å²) in [5.41, 5.74) is 1.36. The first-order chi connectivity index (χ1) is 13.9. The number of nitrogens with one attached hydrogen (secondary N) is 3. The summed E-state index contributed by atoms with van der Waals surface area (Å²) in [6, 6.07) is 14.1. The van der Waals surface area contributed by atoms with Crippen molar-refractivity contribution >= 4 is 23.2 Å². The number of carbonyl (C=O) groups is 2. The van der Waals surface area contributed by atoms with Gasteiger partial charge in [-0.1, -0.05) is 6.07 Å². The number of aliphatic hydroxyl groups is 1. The van der Waals surface area contributed by atoms with Crippen LogP contribution in [0.2, 0.25) is 0 Å². The molecule has 8 heteroatoms. The van der Waals surface area contributed by atoms with Crippen LogP contribution in [0.15, 0.2) is 48.5 Å². The quantitative estimate of drug-likeness (QED) is 0.429. The monoisotopic (exact) mass is 401 g/mol. The molecule has 0 fully saturated rings. The summed E-state index contributed by atoms with van der Waals surface area (Å²) in [6.07, 6.45) is -0.684. The van der Waals surface area contributed by atoms with Crippen LogP contribution in [-0.4, -0.2) is 49.3 Å². The zero-order valence-electron chi connectivity index (χ0n) is 16.6. The van der Waals surface area contributed by atoms with E-state index in [1.807, 2.05) is 0 Å². The number of hydrogen-bond acceptors (Lipinski definition) is 6. The summed E-state index contributed by atoms with van der Waals surface area (Å²) in [5, 5.41) is 18.5. The van der Waals surface area contributed by atoms with Crippen LogP contribution in [-0.2, 0) is 9.59 Å². The number of anilines is 2. The fourth-order valence-corrected chi connectivity index (χ4v) is 2.47. The van der Waals surface area contributed by atoms with Crippen molar-refractivity contribution in [1.29, 1.82) is 0 Å². The van der Waals surface area contributed by atoms with Crippen molar-refractivity contribution in [2.45, 2.75) is 20.0 Å². The molecule has 1 unspecified atom stereocenters. The molecule has 2 aromatic rings. The van der Waals surface area contributed by atoms with Crippen molar-refractivity contribution in [2.24, 2.45) is 0 Å². The van der Waals surface area contributed by atoms with E-state index < -0.39 is 6.10 Å². The summed E-state index contributed by atoms with van der Waals surface area (Å²) in [6.45, 7) is 4.37. The average Bonchev–Trinajstić information content (AvgIpc) is 2.67. The van der Waals surface area contributed by atoms with E-state index in [1.54, 1.807) is 48.5 Å². The Morgan fingerprint density at radius 3 is 2.31 bits per heavy atom. The maximum atomic E-state index is 11.1. The Bertz CT molecular complexity index is 795. The molecule has 0 aliphatic heterocycles. The first kappa shape index (κ1) is 22.2. The fraction of sp³-hybridized carbons (Fsp3) is 0.333. The highest BCUT2D eigenvalue weighted by molar-refractivity contribution is 5.89. The van der Waals surface area contributed by atoms with Gasteiger partial charge in [0.2, 0.25) is 11.8 Å². The number of rotatable bonds is 11. The van der Waals surface area contributed by atoms with Crippen molar-refractivity contribution in [3.05, 3.63) is 48.5 Å². The molecule has 2 amide bonds. The molecule has 29 heavy (non-hydrogen) atoms. The third-order valence-electron chi connectivity index (χ3n) is 3.70. The molecule has 0 bridgehead atoms. The molecule has 0 aromatic heterocycles. The molecule has 1 atom stereocenters. The van der Waals surface area contributed by atoms with E-state index in [4.69, 9.17) is 9.47 Å². The van der Waals surface area contributed by atoms with Gasteiger partial charge < -0.3 is 30.5 Å². The Balaban J connectivity index is 1.60. The molecule has 0 saturated carbocycles. The van der Waals surface area contributed by atoms with Gasteiger partial charge in [-0.3, -0.25) is 9.59 Å². The molecule has 0 radical (unpaired) electrons. The Labute approximate surface area is 170 Å². The van der Waals surface area contributed by atoms with Crippen LogP contribution >= 0.6 is 0 Å². The van der Waals surface area contributed by atoms with Crippen LogP contribution in [0.4, 0.5) is 11.4 Å². The smallest absolute Gasteiger partial charge is 0.221 e. The minimum Gasteiger partial charge on any atom is -0.492 e. The zero-order valence-corrected chi connectivity index (χ0v) is 16.6. The summed E-state index contributed by atoms with van der Waals surface area (Å²) < 4.78 is 11.2. The third kappa shape index (κ3) is 9.09. The van der Waals surface area contributed by atoms with Crippen molar-refractivity contribution in [2.75, 3.05) is 36.9 Å². The van der Waals surface area contributed by atoms with Gasteiger partial charge in [0.15, 0.2) is 0 Å². The molecule has 0 aliphatic carbocycles. The van der Waals surface area contributed by atoms with Gasteiger partial charge in [-0.05, 0) is 36.4 Å². The third-order valence-corrected chi connectivity index (χ3v) is 3.70. The SMILES string of the molecule is CC(=O)Nc1ccc(OCCNCC(O)COc2cccc(NC(C)=O)c2)cc1. The van der Waals surface area contributed by atoms with E-state index in [2.05, 4.69) is 16.0 Å². The Hall–Kier alpha value is -3.10. The van der Waals surface area contributed by atoms with Gasteiger partial charge in [0.1, 0.15) is 30.8 Å². The molecular weight excluding hydrogens is 374 g/mol. The molecule has 2 aromatic carbocycles. The van der Waals surface area contributed by atoms with Crippen LogP contribution in [0.25, 0.3) is 0 Å². The fourth-order valence-electron chi connectivity index (χ4n) is 2.47. The van der Waals surface area contributed by atoms with Gasteiger partial charge in [0.05, 0.1) is 0 Å². The van der Waals surface area contributed by atoms with Crippen LogP contribution in [0.1, 0.15) is 13.8 Å². The van der Waals surface area contributed by atoms with Gasteiger partial charge in [0, 0.05) is 44.4 Å². The summed E-state index contributed by atoms with van der Waals surface area (Å²) in [5.74, 6) is 0.994. The normalized spacial score (nSPS) is 11.4. The van der Waals surface area contributed by atoms with Crippen molar-refractivity contribution in [3.63, 3.8) is 0 Å². The molecule has 156 valence electrons. The average molecular weight is 401 g/mol. The number of ether oxygens (including phenoxy) is 2. The first-order valence-corrected chi connectivity index (χ1v) is 9.32. The van der Waals surface area contributed by atoms with Crippen molar-refractivity contribution in [1.82, 2.24) is 5.32 Å². The number of benzene rings is 2. The summed E-state index contributed by atoms with van der Waals surface area (Å²) in [4.78, 5) is 22.1. The lowest BCUT2D eigenvalue weighted by molar-refractivity contribution is -0.115. The highest BCUT2D eigenvalue weighted by atomic mass is 16.5. The second-order valence-electron chi connectivity index (χ2n) is 6.43. The summed E-state index contributed by atoms with van der Waals surface area (Å²) in [7, 11) is 0. The number of hydrogen-bond donors (Lipinski definition) is 4. The van der Waals surface area contributed by atoms with E-state index in [0.29, 0.717) is 42.6 Å². The molecule has 0 heterocycles. The highest BCUT2D eigenvalue weighted by Gasteiger charge is 2.06. The van der Waals surface area contributed by atoms with Crippen molar-refractivity contribution in [3.8, 4) is 11.5 Å². The van der Waals surface area contributed by atoms with E-state index >= 15 is 0 Å². The minimum absolute atomic E-state index is 0.120. The summed E-state index contributed by atoms with van der Waals surface area (Å²) >= 11 is 0. The second kappa shape index (κ2) is 11.7. The van der Waals surface area contributed by atoms with Crippen LogP contribution in [0.5, 0.6) is 11.5 Å². The van der Waals surface area contributed by atoms with Crippen LogP contribution < -0.4 is 25.4 Å². The maximum Gasteiger partial charge on any atom is 0.221 e. The molecule has 0 aliphatic rings. The molecule has 4 N–H and O–H groups in total. The van der Waals surface area contributed by atoms with E-state index in [-0.39, 0.29) is 18.4 Å². The lowest BCUT2D eigenvalue weighted by Gasteiger charge is -2.14. The lowest BCUT2D eigenvalue weighted by atomic mass is 10.3. The van der Waals surface area contributed by atoms with Crippen molar-refractivity contribution < 1.29 is 24.2 Å². The molecular formula is C21H27N3O5. The molecule has 0 spiro atoms. The van der Waals surface area contributed by atoms with E-state index in [1.165, 1.54) is 13.8 Å². The minimum atomic E-state index is -0.684. The number of carbonyl (C=O) groups excluding carboxylic acids is 2. The Morgan fingerprint density at radius 1 is 0.931 bits per heavy atom. The highest BCUT2D eigenvalue weighted by Crippen LogP contribution is 2.17. The van der Waals surface area contributed by atoms with Crippen LogP contribution in [0, 0.1) is 0 Å². The standard InChI is InChI=1S/C21H27N3O5/c1-15(25)23-17-6-8-20(9-7-17)28-11-10-22-13-19(27)14-29-21-5-3-4-18(12-21)24-16(2)26/h3-9,12,19,22,27H,10-11,13-14H2,1-2H3,(H,23,25)(H,24,26). The topological polar surface area (TPSA) is 109 Å². The van der Waals surface area contributed by atoms with Gasteiger partial charge in [-0.15, -0.1) is 0 Å². The van der Waals surface area contributed by atoms with Gasteiger partial charge in [-0.25, -0.2) is 0 Å². The predicted octanol–water partition coefficient (Wildman–Crippen LogP) is 2.01.